The standard InChI is InChI=1S/C11H19Cl/c1-11(7-10(11)8-12)9-5-3-2-4-6-9/h9-10H,2-8H2,1H3. The fourth-order valence-electron chi connectivity index (χ4n) is 2.96. The number of hydrogen-bond donors (Lipinski definition) is 0. The Bertz CT molecular complexity index is 160. The zero-order valence-corrected chi connectivity index (χ0v) is 8.74. The van der Waals surface area contributed by atoms with Gasteiger partial charge >= 0.3 is 0 Å². The largest absolute Gasteiger partial charge is 0.126 e. The molecule has 2 fully saturated rings. The molecule has 0 bridgehead atoms. The van der Waals surface area contributed by atoms with E-state index in [-0.39, 0.29) is 0 Å². The SMILES string of the molecule is CC1(C2CCCCC2)CC1CCl. The smallest absolute Gasteiger partial charge is 0.0257 e. The van der Waals surface area contributed by atoms with E-state index in [9.17, 15) is 0 Å². The molecule has 0 saturated heterocycles. The van der Waals surface area contributed by atoms with Gasteiger partial charge in [-0.1, -0.05) is 26.2 Å². The van der Waals surface area contributed by atoms with Crippen LogP contribution in [0.3, 0.4) is 0 Å². The summed E-state index contributed by atoms with van der Waals surface area (Å²) >= 11 is 5.90. The molecule has 2 unspecified atom stereocenters. The van der Waals surface area contributed by atoms with E-state index in [1.165, 1.54) is 38.5 Å². The van der Waals surface area contributed by atoms with Gasteiger partial charge in [0, 0.05) is 5.88 Å². The summed E-state index contributed by atoms with van der Waals surface area (Å²) in [5.74, 6) is 2.75. The van der Waals surface area contributed by atoms with Crippen LogP contribution < -0.4 is 0 Å². The maximum atomic E-state index is 5.90. The Labute approximate surface area is 80.7 Å². The maximum Gasteiger partial charge on any atom is 0.0257 e. The summed E-state index contributed by atoms with van der Waals surface area (Å²) in [5.41, 5.74) is 0.655. The highest BCUT2D eigenvalue weighted by Crippen LogP contribution is 2.61. The monoisotopic (exact) mass is 186 g/mol. The van der Waals surface area contributed by atoms with Gasteiger partial charge in [0.2, 0.25) is 0 Å². The van der Waals surface area contributed by atoms with Crippen molar-refractivity contribution in [3.63, 3.8) is 0 Å². The van der Waals surface area contributed by atoms with Gasteiger partial charge in [0.05, 0.1) is 0 Å². The Morgan fingerprint density at radius 3 is 2.42 bits per heavy atom. The molecule has 70 valence electrons. The van der Waals surface area contributed by atoms with Crippen LogP contribution in [-0.2, 0) is 0 Å². The van der Waals surface area contributed by atoms with Gasteiger partial charge < -0.3 is 0 Å². The van der Waals surface area contributed by atoms with Crippen LogP contribution in [-0.4, -0.2) is 5.88 Å². The molecule has 0 nitrogen and oxygen atoms in total. The normalized spacial score (nSPS) is 43.0. The first kappa shape index (κ1) is 8.87. The fraction of sp³-hybridized carbons (Fsp3) is 1.00. The number of rotatable bonds is 2. The molecule has 2 saturated carbocycles. The first-order valence-electron chi connectivity index (χ1n) is 5.33. The summed E-state index contributed by atoms with van der Waals surface area (Å²) in [7, 11) is 0. The summed E-state index contributed by atoms with van der Waals surface area (Å²) in [4.78, 5) is 0. The van der Waals surface area contributed by atoms with Crippen LogP contribution in [0.25, 0.3) is 0 Å². The molecule has 2 atom stereocenters. The summed E-state index contributed by atoms with van der Waals surface area (Å²) in [6.45, 7) is 2.45. The molecular formula is C11H19Cl. The summed E-state index contributed by atoms with van der Waals surface area (Å²) in [6, 6.07) is 0. The van der Waals surface area contributed by atoms with Crippen LogP contribution in [0, 0.1) is 17.3 Å². The van der Waals surface area contributed by atoms with Crippen LogP contribution in [0.1, 0.15) is 45.4 Å². The van der Waals surface area contributed by atoms with Crippen molar-refractivity contribution in [2.45, 2.75) is 45.4 Å². The molecule has 12 heavy (non-hydrogen) atoms. The molecule has 0 radical (unpaired) electrons. The third-order valence-electron chi connectivity index (χ3n) is 4.18. The van der Waals surface area contributed by atoms with Crippen molar-refractivity contribution in [2.75, 3.05) is 5.88 Å². The second-order valence-electron chi connectivity index (χ2n) is 4.90. The maximum absolute atomic E-state index is 5.90. The lowest BCUT2D eigenvalue weighted by atomic mass is 9.78. The van der Waals surface area contributed by atoms with Crippen molar-refractivity contribution in [1.29, 1.82) is 0 Å². The van der Waals surface area contributed by atoms with Gasteiger partial charge in [0.1, 0.15) is 0 Å². The van der Waals surface area contributed by atoms with E-state index < -0.39 is 0 Å². The van der Waals surface area contributed by atoms with Crippen LogP contribution >= 0.6 is 11.6 Å². The molecule has 0 aliphatic heterocycles. The highest BCUT2D eigenvalue weighted by Gasteiger charge is 2.53. The van der Waals surface area contributed by atoms with Crippen LogP contribution in [0.4, 0.5) is 0 Å². The predicted octanol–water partition coefficient (Wildman–Crippen LogP) is 3.83. The number of halogens is 1. The first-order chi connectivity index (χ1) is 5.77. The van der Waals surface area contributed by atoms with E-state index in [1.54, 1.807) is 0 Å². The van der Waals surface area contributed by atoms with Crippen molar-refractivity contribution in [3.05, 3.63) is 0 Å². The van der Waals surface area contributed by atoms with Gasteiger partial charge in [-0.25, -0.2) is 0 Å². The van der Waals surface area contributed by atoms with E-state index in [1.807, 2.05) is 0 Å². The molecule has 0 N–H and O–H groups in total. The topological polar surface area (TPSA) is 0 Å². The van der Waals surface area contributed by atoms with Gasteiger partial charge in [-0.15, -0.1) is 11.6 Å². The average molecular weight is 187 g/mol. The van der Waals surface area contributed by atoms with Crippen molar-refractivity contribution < 1.29 is 0 Å². The minimum Gasteiger partial charge on any atom is -0.126 e. The van der Waals surface area contributed by atoms with Crippen molar-refractivity contribution in [2.24, 2.45) is 17.3 Å². The molecule has 1 heteroatoms. The van der Waals surface area contributed by atoms with Crippen LogP contribution in [0.15, 0.2) is 0 Å². The lowest BCUT2D eigenvalue weighted by Gasteiger charge is -2.28. The molecule has 0 amide bonds. The highest BCUT2D eigenvalue weighted by molar-refractivity contribution is 6.18. The minimum absolute atomic E-state index is 0.655. The number of alkyl halides is 1. The van der Waals surface area contributed by atoms with E-state index in [0.717, 1.165) is 17.7 Å². The van der Waals surface area contributed by atoms with E-state index >= 15 is 0 Å². The third-order valence-corrected chi connectivity index (χ3v) is 4.56. The summed E-state index contributed by atoms with van der Waals surface area (Å²) in [6.07, 6.45) is 8.76. The Balaban J connectivity index is 1.91. The van der Waals surface area contributed by atoms with Gasteiger partial charge in [0.25, 0.3) is 0 Å². The molecule has 0 spiro atoms. The quantitative estimate of drug-likeness (QED) is 0.575. The molecule has 0 aromatic heterocycles. The van der Waals surface area contributed by atoms with Crippen LogP contribution in [0.5, 0.6) is 0 Å². The van der Waals surface area contributed by atoms with Crippen LogP contribution in [0.2, 0.25) is 0 Å². The minimum atomic E-state index is 0.655. The summed E-state index contributed by atoms with van der Waals surface area (Å²) in [5, 5.41) is 0. The second-order valence-corrected chi connectivity index (χ2v) is 5.20. The molecule has 0 heterocycles. The zero-order valence-electron chi connectivity index (χ0n) is 7.98. The molecule has 2 rings (SSSR count). The van der Waals surface area contributed by atoms with Gasteiger partial charge in [-0.3, -0.25) is 0 Å². The third kappa shape index (κ3) is 1.39. The van der Waals surface area contributed by atoms with E-state index in [4.69, 9.17) is 11.6 Å². The Hall–Kier alpha value is 0.290. The van der Waals surface area contributed by atoms with Crippen molar-refractivity contribution in [1.82, 2.24) is 0 Å². The summed E-state index contributed by atoms with van der Waals surface area (Å²) < 4.78 is 0. The molecule has 2 aliphatic rings. The van der Waals surface area contributed by atoms with Gasteiger partial charge in [0.15, 0.2) is 0 Å². The molecule has 0 aromatic rings. The van der Waals surface area contributed by atoms with E-state index in [0.29, 0.717) is 5.41 Å². The Kier molecular flexibility index (Phi) is 2.37. The van der Waals surface area contributed by atoms with Crippen molar-refractivity contribution >= 4 is 11.6 Å². The molecular weight excluding hydrogens is 168 g/mol. The second kappa shape index (κ2) is 3.21. The number of hydrogen-bond acceptors (Lipinski definition) is 0. The Morgan fingerprint density at radius 2 is 1.92 bits per heavy atom. The van der Waals surface area contributed by atoms with Gasteiger partial charge in [-0.2, -0.15) is 0 Å². The lowest BCUT2D eigenvalue weighted by Crippen LogP contribution is -2.18. The average Bonchev–Trinajstić information content (AvgIpc) is 2.81. The fourth-order valence-corrected chi connectivity index (χ4v) is 3.43. The van der Waals surface area contributed by atoms with E-state index in [2.05, 4.69) is 6.92 Å². The predicted molar refractivity (Wildman–Crippen MR) is 53.5 cm³/mol. The molecule has 2 aliphatic carbocycles. The first-order valence-corrected chi connectivity index (χ1v) is 5.87. The lowest BCUT2D eigenvalue weighted by molar-refractivity contribution is 0.231. The van der Waals surface area contributed by atoms with Gasteiger partial charge in [-0.05, 0) is 36.5 Å². The zero-order chi connectivity index (χ0) is 8.60. The Morgan fingerprint density at radius 1 is 1.25 bits per heavy atom. The van der Waals surface area contributed by atoms with Crippen molar-refractivity contribution in [3.8, 4) is 0 Å². The molecule has 0 aromatic carbocycles. The highest BCUT2D eigenvalue weighted by atomic mass is 35.5.